The Balaban J connectivity index is 1.75. The Bertz CT molecular complexity index is 485. The van der Waals surface area contributed by atoms with Crippen molar-refractivity contribution >= 4 is 27.5 Å². The topological polar surface area (TPSA) is 29.5 Å². The molecule has 0 bridgehead atoms. The van der Waals surface area contributed by atoms with Gasteiger partial charge in [-0.25, -0.2) is 0 Å². The molecule has 2 aliphatic rings. The monoisotopic (exact) mass is 358 g/mol. The van der Waals surface area contributed by atoms with Crippen LogP contribution >= 0.6 is 27.5 Å². The maximum atomic E-state index is 10.7. The molecule has 1 aliphatic heterocycles. The zero-order valence-corrected chi connectivity index (χ0v) is 13.8. The Labute approximate surface area is 133 Å². The van der Waals surface area contributed by atoms with Crippen molar-refractivity contribution in [2.24, 2.45) is 5.92 Å². The van der Waals surface area contributed by atoms with E-state index in [1.807, 2.05) is 18.2 Å². The summed E-state index contributed by atoms with van der Waals surface area (Å²) in [6.45, 7) is 0.774. The standard InChI is InChI=1S/C16H20BrClO2/c17-13-9-11(3-4-14(13)18)15(19)12-5-8-20-16(10-12)6-1-2-7-16/h3-4,9,12,15,19H,1-2,5-8,10H2. The molecule has 1 aromatic rings. The number of aliphatic hydroxyl groups is 1. The molecule has 2 unspecified atom stereocenters. The number of ether oxygens (including phenoxy) is 1. The Morgan fingerprint density at radius 2 is 2.10 bits per heavy atom. The van der Waals surface area contributed by atoms with E-state index in [2.05, 4.69) is 15.9 Å². The number of hydrogen-bond donors (Lipinski definition) is 1. The van der Waals surface area contributed by atoms with Gasteiger partial charge in [-0.1, -0.05) is 30.5 Å². The second-order valence-corrected chi connectivity index (χ2v) is 7.37. The van der Waals surface area contributed by atoms with Crippen LogP contribution in [-0.4, -0.2) is 17.3 Å². The van der Waals surface area contributed by atoms with Gasteiger partial charge in [0.05, 0.1) is 16.7 Å². The van der Waals surface area contributed by atoms with Crippen molar-refractivity contribution in [2.75, 3.05) is 6.61 Å². The molecule has 1 aliphatic carbocycles. The Kier molecular flexibility index (Phi) is 4.42. The van der Waals surface area contributed by atoms with E-state index >= 15 is 0 Å². The van der Waals surface area contributed by atoms with E-state index in [1.165, 1.54) is 12.8 Å². The van der Waals surface area contributed by atoms with Crippen molar-refractivity contribution < 1.29 is 9.84 Å². The molecule has 1 heterocycles. The molecule has 20 heavy (non-hydrogen) atoms. The molecule has 110 valence electrons. The van der Waals surface area contributed by atoms with Crippen LogP contribution in [0.1, 0.15) is 50.2 Å². The van der Waals surface area contributed by atoms with Gasteiger partial charge in [0, 0.05) is 11.1 Å². The van der Waals surface area contributed by atoms with Gasteiger partial charge in [-0.15, -0.1) is 0 Å². The maximum Gasteiger partial charge on any atom is 0.0820 e. The minimum absolute atomic E-state index is 0.0492. The van der Waals surface area contributed by atoms with Gasteiger partial charge in [0.15, 0.2) is 0 Å². The fraction of sp³-hybridized carbons (Fsp3) is 0.625. The predicted molar refractivity (Wildman–Crippen MR) is 84.0 cm³/mol. The highest BCUT2D eigenvalue weighted by atomic mass is 79.9. The molecule has 0 amide bonds. The third-order valence-electron chi connectivity index (χ3n) is 4.78. The number of halogens is 2. The van der Waals surface area contributed by atoms with Crippen molar-refractivity contribution in [1.82, 2.24) is 0 Å². The summed E-state index contributed by atoms with van der Waals surface area (Å²) in [5, 5.41) is 11.4. The van der Waals surface area contributed by atoms with Crippen molar-refractivity contribution in [2.45, 2.75) is 50.2 Å². The Morgan fingerprint density at radius 1 is 1.35 bits per heavy atom. The van der Waals surface area contributed by atoms with E-state index in [-0.39, 0.29) is 11.5 Å². The lowest BCUT2D eigenvalue weighted by atomic mass is 9.80. The molecule has 2 fully saturated rings. The number of rotatable bonds is 2. The van der Waals surface area contributed by atoms with Gasteiger partial charge in [0.1, 0.15) is 0 Å². The van der Waals surface area contributed by atoms with E-state index in [0.717, 1.165) is 42.3 Å². The molecule has 0 aromatic heterocycles. The van der Waals surface area contributed by atoms with Crippen LogP contribution in [0.25, 0.3) is 0 Å². The average molecular weight is 360 g/mol. The van der Waals surface area contributed by atoms with Crippen LogP contribution in [0, 0.1) is 5.92 Å². The molecule has 3 rings (SSSR count). The summed E-state index contributed by atoms with van der Waals surface area (Å²) in [6, 6.07) is 5.70. The summed E-state index contributed by atoms with van der Waals surface area (Å²) in [6.07, 6.45) is 6.31. The Hall–Kier alpha value is -0.0900. The van der Waals surface area contributed by atoms with Gasteiger partial charge in [-0.2, -0.15) is 0 Å². The molecule has 2 atom stereocenters. The largest absolute Gasteiger partial charge is 0.388 e. The quantitative estimate of drug-likeness (QED) is 0.816. The molecule has 1 aromatic carbocycles. The molecule has 1 saturated heterocycles. The molecule has 1 spiro atoms. The zero-order chi connectivity index (χ0) is 14.2. The van der Waals surface area contributed by atoms with E-state index in [4.69, 9.17) is 16.3 Å². The van der Waals surface area contributed by atoms with Gasteiger partial charge >= 0.3 is 0 Å². The summed E-state index contributed by atoms with van der Waals surface area (Å²) in [4.78, 5) is 0. The van der Waals surface area contributed by atoms with Crippen LogP contribution in [0.3, 0.4) is 0 Å². The van der Waals surface area contributed by atoms with Crippen LogP contribution in [0.4, 0.5) is 0 Å². The van der Waals surface area contributed by atoms with Crippen molar-refractivity contribution in [1.29, 1.82) is 0 Å². The van der Waals surface area contributed by atoms with E-state index in [0.29, 0.717) is 5.02 Å². The molecule has 4 heteroatoms. The van der Waals surface area contributed by atoms with Gasteiger partial charge in [0.2, 0.25) is 0 Å². The van der Waals surface area contributed by atoms with Crippen LogP contribution in [0.15, 0.2) is 22.7 Å². The summed E-state index contributed by atoms with van der Waals surface area (Å²) in [7, 11) is 0. The van der Waals surface area contributed by atoms with Crippen LogP contribution < -0.4 is 0 Å². The minimum Gasteiger partial charge on any atom is -0.388 e. The fourth-order valence-electron chi connectivity index (χ4n) is 3.67. The average Bonchev–Trinajstić information content (AvgIpc) is 2.89. The van der Waals surface area contributed by atoms with E-state index < -0.39 is 6.10 Å². The van der Waals surface area contributed by atoms with Crippen molar-refractivity contribution in [3.8, 4) is 0 Å². The van der Waals surface area contributed by atoms with Crippen LogP contribution in [-0.2, 0) is 4.74 Å². The van der Waals surface area contributed by atoms with Crippen molar-refractivity contribution in [3.05, 3.63) is 33.3 Å². The SMILES string of the molecule is OC(c1ccc(Cl)c(Br)c1)C1CCOC2(CCCC2)C1. The normalized spacial score (nSPS) is 26.9. The Morgan fingerprint density at radius 3 is 2.80 bits per heavy atom. The predicted octanol–water partition coefficient (Wildman–Crippen LogP) is 4.88. The summed E-state index contributed by atoms with van der Waals surface area (Å²) in [5.74, 6) is 0.287. The third-order valence-corrected chi connectivity index (χ3v) is 5.99. The van der Waals surface area contributed by atoms with Gasteiger partial charge in [0.25, 0.3) is 0 Å². The highest BCUT2D eigenvalue weighted by Gasteiger charge is 2.41. The van der Waals surface area contributed by atoms with Gasteiger partial charge in [-0.3, -0.25) is 0 Å². The van der Waals surface area contributed by atoms with E-state index in [1.54, 1.807) is 0 Å². The second kappa shape index (κ2) is 5.96. The maximum absolute atomic E-state index is 10.7. The second-order valence-electron chi connectivity index (χ2n) is 6.11. The van der Waals surface area contributed by atoms with Crippen molar-refractivity contribution in [3.63, 3.8) is 0 Å². The lowest BCUT2D eigenvalue weighted by molar-refractivity contribution is -0.113. The highest BCUT2D eigenvalue weighted by molar-refractivity contribution is 9.10. The molecule has 1 saturated carbocycles. The number of hydrogen-bond acceptors (Lipinski definition) is 2. The third kappa shape index (κ3) is 2.92. The zero-order valence-electron chi connectivity index (χ0n) is 11.4. The highest BCUT2D eigenvalue weighted by Crippen LogP contribution is 2.45. The van der Waals surface area contributed by atoms with E-state index in [9.17, 15) is 5.11 Å². The van der Waals surface area contributed by atoms with Gasteiger partial charge in [-0.05, 0) is 65.2 Å². The number of aliphatic hydroxyl groups excluding tert-OH is 1. The lowest BCUT2D eigenvalue weighted by Gasteiger charge is -2.40. The van der Waals surface area contributed by atoms with Crippen LogP contribution in [0.2, 0.25) is 5.02 Å². The first-order valence-corrected chi connectivity index (χ1v) is 8.54. The molecule has 2 nitrogen and oxygen atoms in total. The smallest absolute Gasteiger partial charge is 0.0820 e. The summed E-state index contributed by atoms with van der Waals surface area (Å²) in [5.41, 5.74) is 0.995. The molecular formula is C16H20BrClO2. The lowest BCUT2D eigenvalue weighted by Crippen LogP contribution is -2.39. The molecule has 0 radical (unpaired) electrons. The molecule has 1 N–H and O–H groups in total. The first kappa shape index (κ1) is 14.8. The minimum atomic E-state index is -0.426. The van der Waals surface area contributed by atoms with Gasteiger partial charge < -0.3 is 9.84 Å². The fourth-order valence-corrected chi connectivity index (χ4v) is 4.19. The van der Waals surface area contributed by atoms with Crippen LogP contribution in [0.5, 0.6) is 0 Å². The first-order valence-electron chi connectivity index (χ1n) is 7.37. The number of benzene rings is 1. The summed E-state index contributed by atoms with van der Waals surface area (Å²) < 4.78 is 6.89. The summed E-state index contributed by atoms with van der Waals surface area (Å²) >= 11 is 9.45. The molecular weight excluding hydrogens is 340 g/mol. The first-order chi connectivity index (χ1) is 9.60.